The van der Waals surface area contributed by atoms with E-state index in [0.717, 1.165) is 11.1 Å². The van der Waals surface area contributed by atoms with E-state index >= 15 is 0 Å². The minimum absolute atomic E-state index is 0.177. The first-order chi connectivity index (χ1) is 15.5. The van der Waals surface area contributed by atoms with Gasteiger partial charge < -0.3 is 19.4 Å². The van der Waals surface area contributed by atoms with Crippen LogP contribution in [0.2, 0.25) is 0 Å². The summed E-state index contributed by atoms with van der Waals surface area (Å²) in [6.07, 6.45) is 1.11. The van der Waals surface area contributed by atoms with Crippen molar-refractivity contribution in [3.8, 4) is 11.4 Å². The summed E-state index contributed by atoms with van der Waals surface area (Å²) in [6, 6.07) is 14.8. The fourth-order valence-corrected chi connectivity index (χ4v) is 3.80. The summed E-state index contributed by atoms with van der Waals surface area (Å²) in [4.78, 5) is 46.1. The molecule has 1 N–H and O–H groups in total. The number of piperidine rings is 1. The lowest BCUT2D eigenvalue weighted by Gasteiger charge is -2.30. The third-order valence-electron chi connectivity index (χ3n) is 5.56. The number of aromatic nitrogens is 2. The Kier molecular flexibility index (Phi) is 6.49. The average Bonchev–Trinajstić information content (AvgIpc) is 3.26. The highest BCUT2D eigenvalue weighted by Gasteiger charge is 2.28. The fraction of sp³-hybridized carbons (Fsp3) is 0.333. The molecule has 1 amide bonds. The zero-order valence-corrected chi connectivity index (χ0v) is 17.9. The quantitative estimate of drug-likeness (QED) is 0.597. The van der Waals surface area contributed by atoms with Gasteiger partial charge in [-0.25, -0.2) is 9.78 Å². The molecule has 0 saturated carbocycles. The molecule has 0 radical (unpaired) electrons. The van der Waals surface area contributed by atoms with E-state index in [1.165, 1.54) is 0 Å². The molecule has 0 bridgehead atoms. The van der Waals surface area contributed by atoms with Crippen molar-refractivity contribution < 1.29 is 23.9 Å². The van der Waals surface area contributed by atoms with Gasteiger partial charge in [-0.2, -0.15) is 0 Å². The number of nitrogens with zero attached hydrogens (tertiary/aromatic N) is 2. The van der Waals surface area contributed by atoms with Crippen LogP contribution < -0.4 is 0 Å². The van der Waals surface area contributed by atoms with Gasteiger partial charge in [0, 0.05) is 18.7 Å². The number of likely N-dealkylation sites (tertiary alicyclic amines) is 1. The third-order valence-corrected chi connectivity index (χ3v) is 5.56. The molecule has 0 aliphatic carbocycles. The molecule has 2 aromatic carbocycles. The minimum Gasteiger partial charge on any atom is -0.466 e. The molecule has 1 aromatic heterocycles. The fourth-order valence-electron chi connectivity index (χ4n) is 3.80. The largest absolute Gasteiger partial charge is 0.466 e. The van der Waals surface area contributed by atoms with Crippen LogP contribution in [0.5, 0.6) is 0 Å². The maximum absolute atomic E-state index is 12.5. The monoisotopic (exact) mass is 435 g/mol. The Labute approximate surface area is 185 Å². The van der Waals surface area contributed by atoms with E-state index in [4.69, 9.17) is 9.47 Å². The van der Waals surface area contributed by atoms with Crippen molar-refractivity contribution >= 4 is 28.9 Å². The van der Waals surface area contributed by atoms with Gasteiger partial charge in [0.25, 0.3) is 5.91 Å². The summed E-state index contributed by atoms with van der Waals surface area (Å²) < 4.78 is 10.3. The number of H-pyrrole nitrogens is 1. The Morgan fingerprint density at radius 3 is 2.53 bits per heavy atom. The molecule has 0 spiro atoms. The van der Waals surface area contributed by atoms with E-state index in [1.54, 1.807) is 30.0 Å². The average molecular weight is 435 g/mol. The first-order valence-electron chi connectivity index (χ1n) is 10.7. The Balaban J connectivity index is 1.33. The highest BCUT2D eigenvalue weighted by atomic mass is 16.5. The molecule has 3 aromatic rings. The number of amides is 1. The molecule has 1 saturated heterocycles. The number of hydrogen-bond acceptors (Lipinski definition) is 6. The Morgan fingerprint density at radius 2 is 1.81 bits per heavy atom. The summed E-state index contributed by atoms with van der Waals surface area (Å²) in [5.41, 5.74) is 2.74. The molecule has 2 heterocycles. The van der Waals surface area contributed by atoms with Gasteiger partial charge in [0.15, 0.2) is 6.61 Å². The standard InChI is InChI=1S/C24H25N3O5/c1-2-31-23(29)17-10-12-27(13-11-17)21(28)15-32-24(30)18-8-9-19-20(14-18)26-22(25-19)16-6-4-3-5-7-16/h3-9,14,17H,2,10-13,15H2,1H3,(H,25,26). The van der Waals surface area contributed by atoms with Crippen LogP contribution >= 0.6 is 0 Å². The van der Waals surface area contributed by atoms with Gasteiger partial charge in [-0.1, -0.05) is 30.3 Å². The van der Waals surface area contributed by atoms with Crippen LogP contribution in [0.1, 0.15) is 30.1 Å². The Hall–Kier alpha value is -3.68. The zero-order valence-electron chi connectivity index (χ0n) is 17.9. The number of carbonyl (C=O) groups excluding carboxylic acids is 3. The predicted molar refractivity (Wildman–Crippen MR) is 118 cm³/mol. The van der Waals surface area contributed by atoms with Gasteiger partial charge in [-0.05, 0) is 38.0 Å². The van der Waals surface area contributed by atoms with Crippen molar-refractivity contribution in [2.24, 2.45) is 5.92 Å². The SMILES string of the molecule is CCOC(=O)C1CCN(C(=O)COC(=O)c2ccc3nc(-c4ccccc4)[nH]c3c2)CC1. The van der Waals surface area contributed by atoms with Crippen LogP contribution in [0.15, 0.2) is 48.5 Å². The van der Waals surface area contributed by atoms with Crippen LogP contribution in [-0.4, -0.2) is 59.0 Å². The number of hydrogen-bond donors (Lipinski definition) is 1. The molecule has 32 heavy (non-hydrogen) atoms. The van der Waals surface area contributed by atoms with E-state index in [9.17, 15) is 14.4 Å². The zero-order chi connectivity index (χ0) is 22.5. The second-order valence-electron chi connectivity index (χ2n) is 7.67. The molecule has 0 atom stereocenters. The number of ether oxygens (including phenoxy) is 2. The van der Waals surface area contributed by atoms with E-state index in [-0.39, 0.29) is 24.4 Å². The van der Waals surface area contributed by atoms with Crippen molar-refractivity contribution in [1.29, 1.82) is 0 Å². The smallest absolute Gasteiger partial charge is 0.338 e. The third kappa shape index (κ3) is 4.80. The van der Waals surface area contributed by atoms with Crippen LogP contribution in [0.25, 0.3) is 22.4 Å². The molecule has 0 unspecified atom stereocenters. The Morgan fingerprint density at radius 1 is 1.06 bits per heavy atom. The Bertz CT molecular complexity index is 1120. The van der Waals surface area contributed by atoms with Gasteiger partial charge in [0.2, 0.25) is 0 Å². The van der Waals surface area contributed by atoms with Crippen LogP contribution in [0.4, 0.5) is 0 Å². The first kappa shape index (κ1) is 21.5. The van der Waals surface area contributed by atoms with Gasteiger partial charge in [-0.3, -0.25) is 9.59 Å². The number of aromatic amines is 1. The van der Waals surface area contributed by atoms with E-state index in [0.29, 0.717) is 49.4 Å². The highest BCUT2D eigenvalue weighted by Crippen LogP contribution is 2.22. The summed E-state index contributed by atoms with van der Waals surface area (Å²) >= 11 is 0. The number of imidazole rings is 1. The molecule has 8 heteroatoms. The second-order valence-corrected chi connectivity index (χ2v) is 7.67. The number of rotatable bonds is 6. The van der Waals surface area contributed by atoms with Crippen LogP contribution in [-0.2, 0) is 19.1 Å². The van der Waals surface area contributed by atoms with Crippen molar-refractivity contribution in [3.63, 3.8) is 0 Å². The molecule has 4 rings (SSSR count). The number of fused-ring (bicyclic) bond motifs is 1. The van der Waals surface area contributed by atoms with Gasteiger partial charge in [0.05, 0.1) is 29.1 Å². The van der Waals surface area contributed by atoms with E-state index in [1.807, 2.05) is 30.3 Å². The number of esters is 2. The first-order valence-corrected chi connectivity index (χ1v) is 10.7. The summed E-state index contributed by atoms with van der Waals surface area (Å²) in [5, 5.41) is 0. The normalized spacial score (nSPS) is 14.3. The number of nitrogens with one attached hydrogen (secondary N) is 1. The molecular formula is C24H25N3O5. The minimum atomic E-state index is -0.572. The maximum atomic E-state index is 12.5. The summed E-state index contributed by atoms with van der Waals surface area (Å²) in [5.74, 6) is -0.515. The summed E-state index contributed by atoms with van der Waals surface area (Å²) in [6.45, 7) is 2.69. The molecule has 166 valence electrons. The summed E-state index contributed by atoms with van der Waals surface area (Å²) in [7, 11) is 0. The maximum Gasteiger partial charge on any atom is 0.338 e. The van der Waals surface area contributed by atoms with Crippen LogP contribution in [0, 0.1) is 5.92 Å². The lowest BCUT2D eigenvalue weighted by Crippen LogP contribution is -2.42. The van der Waals surface area contributed by atoms with Crippen molar-refractivity contribution in [3.05, 3.63) is 54.1 Å². The second kappa shape index (κ2) is 9.64. The van der Waals surface area contributed by atoms with Gasteiger partial charge in [0.1, 0.15) is 5.82 Å². The molecule has 1 aliphatic rings. The molecule has 1 fully saturated rings. The lowest BCUT2D eigenvalue weighted by molar-refractivity contribution is -0.151. The topological polar surface area (TPSA) is 102 Å². The highest BCUT2D eigenvalue weighted by molar-refractivity contribution is 5.95. The molecule has 8 nitrogen and oxygen atoms in total. The number of carbonyl (C=O) groups is 3. The van der Waals surface area contributed by atoms with Crippen molar-refractivity contribution in [2.45, 2.75) is 19.8 Å². The predicted octanol–water partition coefficient (Wildman–Crippen LogP) is 3.19. The van der Waals surface area contributed by atoms with Crippen molar-refractivity contribution in [2.75, 3.05) is 26.3 Å². The van der Waals surface area contributed by atoms with E-state index in [2.05, 4.69) is 9.97 Å². The van der Waals surface area contributed by atoms with Crippen LogP contribution in [0.3, 0.4) is 0 Å². The molecule has 1 aliphatic heterocycles. The van der Waals surface area contributed by atoms with Crippen molar-refractivity contribution in [1.82, 2.24) is 14.9 Å². The van der Waals surface area contributed by atoms with Gasteiger partial charge in [-0.15, -0.1) is 0 Å². The van der Waals surface area contributed by atoms with Gasteiger partial charge >= 0.3 is 11.9 Å². The molecular weight excluding hydrogens is 410 g/mol. The number of benzene rings is 2. The van der Waals surface area contributed by atoms with E-state index < -0.39 is 5.97 Å². The lowest BCUT2D eigenvalue weighted by atomic mass is 9.97.